The Morgan fingerprint density at radius 3 is 2.59 bits per heavy atom. The Kier molecular flexibility index (Phi) is 2.65. The summed E-state index contributed by atoms with van der Waals surface area (Å²) in [5.74, 6) is 0. The van der Waals surface area contributed by atoms with Gasteiger partial charge in [0.2, 0.25) is 0 Å². The molecule has 2 aromatic carbocycles. The van der Waals surface area contributed by atoms with Crippen LogP contribution in [0.2, 0.25) is 5.02 Å². The van der Waals surface area contributed by atoms with Gasteiger partial charge in [0.05, 0.1) is 6.10 Å². The lowest BCUT2D eigenvalue weighted by Gasteiger charge is -2.09. The quantitative estimate of drug-likeness (QED) is 0.804. The highest BCUT2D eigenvalue weighted by Gasteiger charge is 2.22. The number of rotatable bonds is 1. The number of hydrogen-bond donors (Lipinski definition) is 1. The van der Waals surface area contributed by atoms with Crippen molar-refractivity contribution < 1.29 is 5.11 Å². The zero-order valence-electron chi connectivity index (χ0n) is 9.36. The molecule has 2 heteroatoms. The molecule has 0 aromatic heterocycles. The zero-order chi connectivity index (χ0) is 11.8. The van der Waals surface area contributed by atoms with Gasteiger partial charge in [-0.05, 0) is 47.2 Å². The van der Waals surface area contributed by atoms with Crippen molar-refractivity contribution in [1.82, 2.24) is 0 Å². The molecule has 1 atom stereocenters. The lowest BCUT2D eigenvalue weighted by Crippen LogP contribution is -1.91. The van der Waals surface area contributed by atoms with Crippen LogP contribution >= 0.6 is 11.6 Å². The highest BCUT2D eigenvalue weighted by molar-refractivity contribution is 6.30. The van der Waals surface area contributed by atoms with Gasteiger partial charge in [-0.1, -0.05) is 41.9 Å². The van der Waals surface area contributed by atoms with Crippen LogP contribution in [-0.2, 0) is 6.42 Å². The highest BCUT2D eigenvalue weighted by Crippen LogP contribution is 2.37. The highest BCUT2D eigenvalue weighted by atomic mass is 35.5. The van der Waals surface area contributed by atoms with Gasteiger partial charge in [0.25, 0.3) is 0 Å². The lowest BCUT2D eigenvalue weighted by atomic mass is 9.97. The maximum Gasteiger partial charge on any atom is 0.0796 e. The van der Waals surface area contributed by atoms with E-state index in [9.17, 15) is 5.11 Å². The van der Waals surface area contributed by atoms with E-state index in [2.05, 4.69) is 6.07 Å². The molecule has 1 aliphatic carbocycles. The number of fused-ring (bicyclic) bond motifs is 1. The Balaban J connectivity index is 2.13. The molecule has 0 saturated carbocycles. The molecule has 1 unspecified atom stereocenters. The Morgan fingerprint density at radius 2 is 1.82 bits per heavy atom. The average molecular weight is 245 g/mol. The average Bonchev–Trinajstić information content (AvgIpc) is 2.73. The topological polar surface area (TPSA) is 20.2 Å². The number of halogens is 1. The second-order valence-electron chi connectivity index (χ2n) is 4.43. The molecule has 0 bridgehead atoms. The number of aliphatic hydroxyl groups is 1. The molecule has 0 saturated heterocycles. The molecule has 1 N–H and O–H groups in total. The van der Waals surface area contributed by atoms with Gasteiger partial charge in [-0.2, -0.15) is 0 Å². The van der Waals surface area contributed by atoms with Crippen molar-refractivity contribution in [1.29, 1.82) is 0 Å². The van der Waals surface area contributed by atoms with Crippen molar-refractivity contribution in [3.63, 3.8) is 0 Å². The SMILES string of the molecule is OC1CCc2c(-c3ccc(Cl)cc3)cccc21. The molecule has 1 nitrogen and oxygen atoms in total. The van der Waals surface area contributed by atoms with Gasteiger partial charge in [-0.25, -0.2) is 0 Å². The summed E-state index contributed by atoms with van der Waals surface area (Å²) in [4.78, 5) is 0. The molecule has 0 amide bonds. The van der Waals surface area contributed by atoms with Crippen molar-refractivity contribution in [2.45, 2.75) is 18.9 Å². The van der Waals surface area contributed by atoms with E-state index in [1.807, 2.05) is 36.4 Å². The summed E-state index contributed by atoms with van der Waals surface area (Å²) in [5, 5.41) is 10.6. The molecular weight excluding hydrogens is 232 g/mol. The molecule has 86 valence electrons. The summed E-state index contributed by atoms with van der Waals surface area (Å²) in [6, 6.07) is 14.0. The van der Waals surface area contributed by atoms with Crippen molar-refractivity contribution in [3.8, 4) is 11.1 Å². The Hall–Kier alpha value is -1.31. The third kappa shape index (κ3) is 1.86. The van der Waals surface area contributed by atoms with Crippen molar-refractivity contribution in [2.75, 3.05) is 0 Å². The van der Waals surface area contributed by atoms with Gasteiger partial charge in [0, 0.05) is 5.02 Å². The maximum absolute atomic E-state index is 9.88. The first-order chi connectivity index (χ1) is 8.25. The normalized spacial score (nSPS) is 18.1. The summed E-state index contributed by atoms with van der Waals surface area (Å²) in [6.45, 7) is 0. The molecule has 2 aromatic rings. The minimum absolute atomic E-state index is 0.294. The standard InChI is InChI=1S/C15H13ClO/c16-11-6-4-10(5-7-11)12-2-1-3-14-13(12)8-9-15(14)17/h1-7,15,17H,8-9H2. The van der Waals surface area contributed by atoms with Crippen LogP contribution in [-0.4, -0.2) is 5.11 Å². The first-order valence-corrected chi connectivity index (χ1v) is 6.19. The van der Waals surface area contributed by atoms with Crippen LogP contribution < -0.4 is 0 Å². The number of hydrogen-bond acceptors (Lipinski definition) is 1. The fraction of sp³-hybridized carbons (Fsp3) is 0.200. The van der Waals surface area contributed by atoms with Gasteiger partial charge < -0.3 is 5.11 Å². The Morgan fingerprint density at radius 1 is 1.06 bits per heavy atom. The van der Waals surface area contributed by atoms with Crippen molar-refractivity contribution in [2.24, 2.45) is 0 Å². The van der Waals surface area contributed by atoms with E-state index >= 15 is 0 Å². The first kappa shape index (κ1) is 10.8. The smallest absolute Gasteiger partial charge is 0.0796 e. The van der Waals surface area contributed by atoms with E-state index in [-0.39, 0.29) is 6.10 Å². The van der Waals surface area contributed by atoms with Crippen LogP contribution in [0.15, 0.2) is 42.5 Å². The van der Waals surface area contributed by atoms with E-state index in [0.29, 0.717) is 0 Å². The lowest BCUT2D eigenvalue weighted by molar-refractivity contribution is 0.180. The van der Waals surface area contributed by atoms with Crippen LogP contribution in [0.5, 0.6) is 0 Å². The largest absolute Gasteiger partial charge is 0.388 e. The zero-order valence-corrected chi connectivity index (χ0v) is 10.1. The summed E-state index contributed by atoms with van der Waals surface area (Å²) in [5.41, 5.74) is 4.75. The van der Waals surface area contributed by atoms with Gasteiger partial charge >= 0.3 is 0 Å². The second kappa shape index (κ2) is 4.17. The van der Waals surface area contributed by atoms with Crippen molar-refractivity contribution >= 4 is 11.6 Å². The van der Waals surface area contributed by atoms with Crippen LogP contribution in [0.1, 0.15) is 23.7 Å². The molecule has 17 heavy (non-hydrogen) atoms. The minimum Gasteiger partial charge on any atom is -0.388 e. The molecule has 3 rings (SSSR count). The van der Waals surface area contributed by atoms with Gasteiger partial charge in [0.1, 0.15) is 0 Å². The van der Waals surface area contributed by atoms with E-state index in [0.717, 1.165) is 23.4 Å². The third-order valence-corrected chi connectivity index (χ3v) is 3.65. The molecule has 0 spiro atoms. The van der Waals surface area contributed by atoms with Crippen LogP contribution in [0.4, 0.5) is 0 Å². The summed E-state index contributed by atoms with van der Waals surface area (Å²) >= 11 is 5.90. The molecule has 0 aliphatic heterocycles. The van der Waals surface area contributed by atoms with Gasteiger partial charge in [-0.3, -0.25) is 0 Å². The fourth-order valence-corrected chi connectivity index (χ4v) is 2.66. The summed E-state index contributed by atoms with van der Waals surface area (Å²) in [7, 11) is 0. The van der Waals surface area contributed by atoms with Gasteiger partial charge in [-0.15, -0.1) is 0 Å². The van der Waals surface area contributed by atoms with E-state index in [1.165, 1.54) is 16.7 Å². The van der Waals surface area contributed by atoms with Crippen LogP contribution in [0.25, 0.3) is 11.1 Å². The summed E-state index contributed by atoms with van der Waals surface area (Å²) in [6.07, 6.45) is 1.49. The van der Waals surface area contributed by atoms with Crippen molar-refractivity contribution in [3.05, 3.63) is 58.6 Å². The van der Waals surface area contributed by atoms with Crippen LogP contribution in [0.3, 0.4) is 0 Å². The monoisotopic (exact) mass is 244 g/mol. The Labute approximate surface area is 106 Å². The molecule has 0 radical (unpaired) electrons. The summed E-state index contributed by atoms with van der Waals surface area (Å²) < 4.78 is 0. The molecule has 0 fully saturated rings. The minimum atomic E-state index is -0.294. The predicted molar refractivity (Wildman–Crippen MR) is 70.2 cm³/mol. The van der Waals surface area contributed by atoms with E-state index in [1.54, 1.807) is 0 Å². The third-order valence-electron chi connectivity index (χ3n) is 3.39. The molecule has 1 aliphatic rings. The predicted octanol–water partition coefficient (Wildman–Crippen LogP) is 3.99. The van der Waals surface area contributed by atoms with Crippen LogP contribution in [0, 0.1) is 0 Å². The number of aliphatic hydroxyl groups excluding tert-OH is 1. The number of benzene rings is 2. The van der Waals surface area contributed by atoms with Gasteiger partial charge in [0.15, 0.2) is 0 Å². The molecule has 0 heterocycles. The van der Waals surface area contributed by atoms with E-state index in [4.69, 9.17) is 11.6 Å². The molecular formula is C15H13ClO. The second-order valence-corrected chi connectivity index (χ2v) is 4.87. The fourth-order valence-electron chi connectivity index (χ4n) is 2.53. The van der Waals surface area contributed by atoms with E-state index < -0.39 is 0 Å². The first-order valence-electron chi connectivity index (χ1n) is 5.81. The maximum atomic E-state index is 9.88. The Bertz CT molecular complexity index is 545.